The first-order valence-electron chi connectivity index (χ1n) is 9.56. The number of rotatable bonds is 4. The first-order chi connectivity index (χ1) is 11.7. The van der Waals surface area contributed by atoms with E-state index >= 15 is 0 Å². The van der Waals surface area contributed by atoms with Crippen molar-refractivity contribution in [2.45, 2.75) is 45.1 Å². The number of nitrogens with zero attached hydrogens (tertiary/aromatic N) is 3. The Morgan fingerprint density at radius 2 is 1.92 bits per heavy atom. The van der Waals surface area contributed by atoms with Crippen LogP contribution in [-0.2, 0) is 14.3 Å². The Morgan fingerprint density at radius 1 is 1.12 bits per heavy atom. The second-order valence-electron chi connectivity index (χ2n) is 7.31. The van der Waals surface area contributed by atoms with E-state index in [9.17, 15) is 9.59 Å². The summed E-state index contributed by atoms with van der Waals surface area (Å²) in [5, 5.41) is 0. The summed E-state index contributed by atoms with van der Waals surface area (Å²) in [7, 11) is 0. The van der Waals surface area contributed by atoms with Crippen LogP contribution in [0.3, 0.4) is 0 Å². The third-order valence-corrected chi connectivity index (χ3v) is 5.80. The SMILES string of the molecule is CC[C@@H]1CN(C(=O)CN2CCCCCC2=O)C[C@H]1N1CCOCC1. The Morgan fingerprint density at radius 3 is 2.67 bits per heavy atom. The van der Waals surface area contributed by atoms with Crippen molar-refractivity contribution >= 4 is 11.8 Å². The van der Waals surface area contributed by atoms with E-state index in [4.69, 9.17) is 4.74 Å². The molecule has 0 unspecified atom stereocenters. The molecule has 2 amide bonds. The van der Waals surface area contributed by atoms with Crippen molar-refractivity contribution in [2.24, 2.45) is 5.92 Å². The Kier molecular flexibility index (Phi) is 6.11. The van der Waals surface area contributed by atoms with Crippen LogP contribution in [0.4, 0.5) is 0 Å². The lowest BCUT2D eigenvalue weighted by Gasteiger charge is -2.34. The van der Waals surface area contributed by atoms with Gasteiger partial charge in [-0.05, 0) is 18.8 Å². The van der Waals surface area contributed by atoms with E-state index in [-0.39, 0.29) is 18.4 Å². The molecule has 24 heavy (non-hydrogen) atoms. The van der Waals surface area contributed by atoms with Crippen LogP contribution in [0.25, 0.3) is 0 Å². The third-order valence-electron chi connectivity index (χ3n) is 5.80. The molecular weight excluding hydrogens is 306 g/mol. The fraction of sp³-hybridized carbons (Fsp3) is 0.889. The summed E-state index contributed by atoms with van der Waals surface area (Å²) in [6.07, 6.45) is 4.77. The van der Waals surface area contributed by atoms with Crippen molar-refractivity contribution in [1.82, 2.24) is 14.7 Å². The molecule has 136 valence electrons. The molecule has 2 atom stereocenters. The van der Waals surface area contributed by atoms with Gasteiger partial charge in [0.05, 0.1) is 19.8 Å². The maximum Gasteiger partial charge on any atom is 0.242 e. The van der Waals surface area contributed by atoms with Crippen LogP contribution in [-0.4, -0.2) is 85.0 Å². The lowest BCUT2D eigenvalue weighted by molar-refractivity contribution is -0.139. The van der Waals surface area contributed by atoms with E-state index < -0.39 is 0 Å². The number of amides is 2. The molecule has 0 saturated carbocycles. The molecule has 3 rings (SSSR count). The van der Waals surface area contributed by atoms with Crippen LogP contribution in [0.15, 0.2) is 0 Å². The number of carbonyl (C=O) groups excluding carboxylic acids is 2. The second-order valence-corrected chi connectivity index (χ2v) is 7.31. The average Bonchev–Trinajstić information content (AvgIpc) is 2.95. The zero-order valence-electron chi connectivity index (χ0n) is 14.9. The Hall–Kier alpha value is -1.14. The van der Waals surface area contributed by atoms with Gasteiger partial charge in [-0.15, -0.1) is 0 Å². The van der Waals surface area contributed by atoms with Gasteiger partial charge in [-0.2, -0.15) is 0 Å². The van der Waals surface area contributed by atoms with Gasteiger partial charge in [-0.1, -0.05) is 19.8 Å². The average molecular weight is 337 g/mol. The van der Waals surface area contributed by atoms with Crippen molar-refractivity contribution in [2.75, 3.05) is 52.5 Å². The number of hydrogen-bond donors (Lipinski definition) is 0. The molecule has 0 aromatic heterocycles. The Labute approximate surface area is 145 Å². The number of hydrogen-bond acceptors (Lipinski definition) is 4. The zero-order valence-corrected chi connectivity index (χ0v) is 14.9. The van der Waals surface area contributed by atoms with Crippen LogP contribution in [0, 0.1) is 5.92 Å². The summed E-state index contributed by atoms with van der Waals surface area (Å²) in [5.74, 6) is 0.808. The highest BCUT2D eigenvalue weighted by Crippen LogP contribution is 2.26. The van der Waals surface area contributed by atoms with Crippen molar-refractivity contribution in [3.63, 3.8) is 0 Å². The third kappa shape index (κ3) is 4.09. The molecule has 3 aliphatic rings. The van der Waals surface area contributed by atoms with Crippen molar-refractivity contribution in [3.05, 3.63) is 0 Å². The topological polar surface area (TPSA) is 53.1 Å². The zero-order chi connectivity index (χ0) is 16.9. The van der Waals surface area contributed by atoms with Gasteiger partial charge in [0.2, 0.25) is 11.8 Å². The number of ether oxygens (including phenoxy) is 1. The van der Waals surface area contributed by atoms with Gasteiger partial charge in [0.15, 0.2) is 0 Å². The summed E-state index contributed by atoms with van der Waals surface area (Å²) in [6.45, 7) is 8.38. The van der Waals surface area contributed by atoms with E-state index in [1.54, 1.807) is 4.90 Å². The van der Waals surface area contributed by atoms with E-state index in [0.717, 1.165) is 71.6 Å². The van der Waals surface area contributed by atoms with Gasteiger partial charge in [-0.25, -0.2) is 0 Å². The van der Waals surface area contributed by atoms with Crippen LogP contribution in [0.1, 0.15) is 39.0 Å². The maximum absolute atomic E-state index is 12.7. The molecule has 3 heterocycles. The summed E-state index contributed by atoms with van der Waals surface area (Å²) in [5.41, 5.74) is 0. The summed E-state index contributed by atoms with van der Waals surface area (Å²) < 4.78 is 5.46. The quantitative estimate of drug-likeness (QED) is 0.767. The van der Waals surface area contributed by atoms with Crippen LogP contribution >= 0.6 is 0 Å². The monoisotopic (exact) mass is 337 g/mol. The highest BCUT2D eigenvalue weighted by atomic mass is 16.5. The van der Waals surface area contributed by atoms with Crippen molar-refractivity contribution in [3.8, 4) is 0 Å². The molecule has 3 fully saturated rings. The molecule has 6 nitrogen and oxygen atoms in total. The van der Waals surface area contributed by atoms with Crippen LogP contribution in [0.5, 0.6) is 0 Å². The molecule has 0 N–H and O–H groups in total. The Bertz CT molecular complexity index is 451. The van der Waals surface area contributed by atoms with E-state index in [1.165, 1.54) is 0 Å². The normalized spacial score (nSPS) is 29.8. The minimum absolute atomic E-state index is 0.124. The standard InChI is InChI=1S/C18H31N3O3/c1-2-15-12-21(13-16(15)19-8-10-24-11-9-19)18(23)14-20-7-5-3-4-6-17(20)22/h15-16H,2-14H2,1H3/t15-,16-/m1/s1. The van der Waals surface area contributed by atoms with Gasteiger partial charge in [-0.3, -0.25) is 14.5 Å². The van der Waals surface area contributed by atoms with E-state index in [1.807, 2.05) is 4.90 Å². The minimum atomic E-state index is 0.124. The van der Waals surface area contributed by atoms with Crippen LogP contribution < -0.4 is 0 Å². The summed E-state index contributed by atoms with van der Waals surface area (Å²) in [6, 6.07) is 0.447. The molecule has 6 heteroatoms. The molecule has 3 saturated heterocycles. The highest BCUT2D eigenvalue weighted by molar-refractivity contribution is 5.85. The van der Waals surface area contributed by atoms with Gasteiger partial charge >= 0.3 is 0 Å². The fourth-order valence-electron chi connectivity index (χ4n) is 4.25. The molecule has 0 aromatic rings. The van der Waals surface area contributed by atoms with Crippen LogP contribution in [0.2, 0.25) is 0 Å². The molecular formula is C18H31N3O3. The van der Waals surface area contributed by atoms with Gasteiger partial charge in [0, 0.05) is 45.2 Å². The van der Waals surface area contributed by atoms with Gasteiger partial charge in [0.25, 0.3) is 0 Å². The molecule has 0 aromatic carbocycles. The number of carbonyl (C=O) groups is 2. The predicted octanol–water partition coefficient (Wildman–Crippen LogP) is 0.958. The smallest absolute Gasteiger partial charge is 0.242 e. The van der Waals surface area contributed by atoms with E-state index in [2.05, 4.69) is 11.8 Å². The summed E-state index contributed by atoms with van der Waals surface area (Å²) >= 11 is 0. The largest absolute Gasteiger partial charge is 0.379 e. The highest BCUT2D eigenvalue weighted by Gasteiger charge is 2.38. The number of likely N-dealkylation sites (tertiary alicyclic amines) is 2. The molecule has 0 spiro atoms. The molecule has 0 aliphatic carbocycles. The molecule has 0 bridgehead atoms. The maximum atomic E-state index is 12.7. The first-order valence-corrected chi connectivity index (χ1v) is 9.56. The van der Waals surface area contributed by atoms with E-state index in [0.29, 0.717) is 18.4 Å². The summed E-state index contributed by atoms with van der Waals surface area (Å²) in [4.78, 5) is 31.1. The minimum Gasteiger partial charge on any atom is -0.379 e. The Balaban J connectivity index is 1.57. The van der Waals surface area contributed by atoms with Crippen molar-refractivity contribution < 1.29 is 14.3 Å². The van der Waals surface area contributed by atoms with Crippen molar-refractivity contribution in [1.29, 1.82) is 0 Å². The van der Waals surface area contributed by atoms with Gasteiger partial charge in [0.1, 0.15) is 0 Å². The fourth-order valence-corrected chi connectivity index (χ4v) is 4.25. The lowest BCUT2D eigenvalue weighted by atomic mass is 9.99. The molecule has 3 aliphatic heterocycles. The number of morpholine rings is 1. The first kappa shape index (κ1) is 17.7. The van der Waals surface area contributed by atoms with Gasteiger partial charge < -0.3 is 14.5 Å². The second kappa shape index (κ2) is 8.30. The lowest BCUT2D eigenvalue weighted by Crippen LogP contribution is -2.48. The molecule has 0 radical (unpaired) electrons. The predicted molar refractivity (Wildman–Crippen MR) is 91.6 cm³/mol.